The number of para-hydroxylation sites is 1. The van der Waals surface area contributed by atoms with E-state index in [9.17, 15) is 4.79 Å². The molecule has 3 aromatic rings. The van der Waals surface area contributed by atoms with Gasteiger partial charge in [0, 0.05) is 11.1 Å². The number of rotatable bonds is 3. The summed E-state index contributed by atoms with van der Waals surface area (Å²) in [6, 6.07) is 15.6. The molecule has 0 aliphatic heterocycles. The number of benzene rings is 2. The second kappa shape index (κ2) is 6.08. The summed E-state index contributed by atoms with van der Waals surface area (Å²) in [4.78, 5) is 16.2. The van der Waals surface area contributed by atoms with Gasteiger partial charge < -0.3 is 10.1 Å². The van der Waals surface area contributed by atoms with Crippen LogP contribution in [0.1, 0.15) is 21.6 Å². The zero-order valence-corrected chi connectivity index (χ0v) is 13.4. The van der Waals surface area contributed by atoms with E-state index in [-0.39, 0.29) is 5.69 Å². The van der Waals surface area contributed by atoms with Gasteiger partial charge >= 0.3 is 5.97 Å². The van der Waals surface area contributed by atoms with Gasteiger partial charge in [0.2, 0.25) is 0 Å². The molecular formula is C19H18N2O2. The van der Waals surface area contributed by atoms with Gasteiger partial charge in [0.05, 0.1) is 18.3 Å². The van der Waals surface area contributed by atoms with Crippen LogP contribution in [0.5, 0.6) is 0 Å². The number of anilines is 2. The SMILES string of the molecule is COC(=O)c1cc(Nc2ccc(C)c(C)c2)c2ccccc2n1. The van der Waals surface area contributed by atoms with E-state index < -0.39 is 5.97 Å². The quantitative estimate of drug-likeness (QED) is 0.729. The number of pyridine rings is 1. The lowest BCUT2D eigenvalue weighted by Gasteiger charge is -2.12. The topological polar surface area (TPSA) is 51.2 Å². The lowest BCUT2D eigenvalue weighted by molar-refractivity contribution is 0.0594. The molecule has 0 atom stereocenters. The van der Waals surface area contributed by atoms with Crippen molar-refractivity contribution in [3.63, 3.8) is 0 Å². The number of hydrogen-bond donors (Lipinski definition) is 1. The molecule has 0 aliphatic rings. The molecule has 1 N–H and O–H groups in total. The molecule has 0 amide bonds. The van der Waals surface area contributed by atoms with Gasteiger partial charge in [0.1, 0.15) is 0 Å². The van der Waals surface area contributed by atoms with Crippen LogP contribution in [0, 0.1) is 13.8 Å². The number of nitrogens with zero attached hydrogens (tertiary/aromatic N) is 1. The molecule has 0 unspecified atom stereocenters. The largest absolute Gasteiger partial charge is 0.464 e. The summed E-state index contributed by atoms with van der Waals surface area (Å²) >= 11 is 0. The second-order valence-corrected chi connectivity index (χ2v) is 5.49. The highest BCUT2D eigenvalue weighted by atomic mass is 16.5. The normalized spacial score (nSPS) is 10.6. The van der Waals surface area contributed by atoms with Crippen molar-refractivity contribution in [1.29, 1.82) is 0 Å². The van der Waals surface area contributed by atoms with Gasteiger partial charge in [-0.1, -0.05) is 24.3 Å². The minimum atomic E-state index is -0.445. The number of fused-ring (bicyclic) bond motifs is 1. The first kappa shape index (κ1) is 15.0. The first-order valence-electron chi connectivity index (χ1n) is 7.41. The first-order chi connectivity index (χ1) is 11.1. The minimum Gasteiger partial charge on any atom is -0.464 e. The van der Waals surface area contributed by atoms with E-state index in [2.05, 4.69) is 36.3 Å². The van der Waals surface area contributed by atoms with E-state index in [1.165, 1.54) is 18.2 Å². The Labute approximate surface area is 135 Å². The Bertz CT molecular complexity index is 888. The van der Waals surface area contributed by atoms with Crippen molar-refractivity contribution < 1.29 is 9.53 Å². The van der Waals surface area contributed by atoms with Crippen LogP contribution in [-0.4, -0.2) is 18.1 Å². The summed E-state index contributed by atoms with van der Waals surface area (Å²) in [5.41, 5.74) is 5.30. The summed E-state index contributed by atoms with van der Waals surface area (Å²) in [6.07, 6.45) is 0. The van der Waals surface area contributed by atoms with Gasteiger partial charge in [-0.2, -0.15) is 0 Å². The minimum absolute atomic E-state index is 0.289. The van der Waals surface area contributed by atoms with Crippen molar-refractivity contribution in [3.05, 3.63) is 65.4 Å². The monoisotopic (exact) mass is 306 g/mol. The number of methoxy groups -OCH3 is 1. The molecule has 0 saturated heterocycles. The van der Waals surface area contributed by atoms with Crippen LogP contribution in [-0.2, 0) is 4.74 Å². The fourth-order valence-corrected chi connectivity index (χ4v) is 2.46. The Balaban J connectivity index is 2.10. The summed E-state index contributed by atoms with van der Waals surface area (Å²) in [6.45, 7) is 4.15. The Kier molecular flexibility index (Phi) is 3.98. The van der Waals surface area contributed by atoms with E-state index in [1.807, 2.05) is 30.3 Å². The standard InChI is InChI=1S/C19H18N2O2/c1-12-8-9-14(10-13(12)2)20-17-11-18(19(22)23-3)21-16-7-5-4-6-15(16)17/h4-11H,1-3H3,(H,20,21). The Morgan fingerprint density at radius 2 is 1.83 bits per heavy atom. The van der Waals surface area contributed by atoms with Crippen LogP contribution in [0.15, 0.2) is 48.5 Å². The number of carbonyl (C=O) groups is 1. The number of ether oxygens (including phenoxy) is 1. The molecule has 3 rings (SSSR count). The third-order valence-corrected chi connectivity index (χ3v) is 3.90. The molecule has 0 radical (unpaired) electrons. The molecule has 2 aromatic carbocycles. The highest BCUT2D eigenvalue weighted by molar-refractivity contribution is 5.98. The molecule has 0 bridgehead atoms. The molecule has 4 nitrogen and oxygen atoms in total. The number of aromatic nitrogens is 1. The van der Waals surface area contributed by atoms with E-state index in [0.29, 0.717) is 0 Å². The van der Waals surface area contributed by atoms with Crippen molar-refractivity contribution in [2.24, 2.45) is 0 Å². The van der Waals surface area contributed by atoms with Crippen molar-refractivity contribution in [1.82, 2.24) is 4.98 Å². The average Bonchev–Trinajstić information content (AvgIpc) is 2.57. The third-order valence-electron chi connectivity index (χ3n) is 3.90. The van der Waals surface area contributed by atoms with Crippen LogP contribution in [0.4, 0.5) is 11.4 Å². The van der Waals surface area contributed by atoms with Crippen LogP contribution in [0.2, 0.25) is 0 Å². The van der Waals surface area contributed by atoms with Gasteiger partial charge in [-0.15, -0.1) is 0 Å². The number of nitrogens with one attached hydrogen (secondary N) is 1. The maximum absolute atomic E-state index is 11.8. The van der Waals surface area contributed by atoms with Crippen molar-refractivity contribution >= 4 is 28.2 Å². The van der Waals surface area contributed by atoms with Gasteiger partial charge in [0.25, 0.3) is 0 Å². The Morgan fingerprint density at radius 1 is 1.04 bits per heavy atom. The second-order valence-electron chi connectivity index (χ2n) is 5.49. The Morgan fingerprint density at radius 3 is 2.57 bits per heavy atom. The molecule has 0 aliphatic carbocycles. The van der Waals surface area contributed by atoms with E-state index >= 15 is 0 Å². The van der Waals surface area contributed by atoms with Gasteiger partial charge in [-0.05, 0) is 49.2 Å². The Hall–Kier alpha value is -2.88. The number of esters is 1. The van der Waals surface area contributed by atoms with E-state index in [4.69, 9.17) is 4.74 Å². The van der Waals surface area contributed by atoms with Crippen molar-refractivity contribution in [3.8, 4) is 0 Å². The van der Waals surface area contributed by atoms with Crippen molar-refractivity contribution in [2.45, 2.75) is 13.8 Å². The van der Waals surface area contributed by atoms with E-state index in [0.717, 1.165) is 22.3 Å². The third kappa shape index (κ3) is 3.01. The molecule has 0 fully saturated rings. The highest BCUT2D eigenvalue weighted by Crippen LogP contribution is 2.27. The molecular weight excluding hydrogens is 288 g/mol. The number of hydrogen-bond acceptors (Lipinski definition) is 4. The molecule has 0 saturated carbocycles. The molecule has 0 spiro atoms. The summed E-state index contributed by atoms with van der Waals surface area (Å²) in [5.74, 6) is -0.445. The number of aryl methyl sites for hydroxylation is 2. The van der Waals surface area contributed by atoms with Crippen LogP contribution in [0.3, 0.4) is 0 Å². The zero-order valence-electron chi connectivity index (χ0n) is 13.4. The lowest BCUT2D eigenvalue weighted by Crippen LogP contribution is -2.06. The predicted octanol–water partition coefficient (Wildman–Crippen LogP) is 4.38. The molecule has 23 heavy (non-hydrogen) atoms. The van der Waals surface area contributed by atoms with Gasteiger partial charge in [-0.25, -0.2) is 9.78 Å². The predicted molar refractivity (Wildman–Crippen MR) is 92.3 cm³/mol. The fraction of sp³-hybridized carbons (Fsp3) is 0.158. The summed E-state index contributed by atoms with van der Waals surface area (Å²) in [5, 5.41) is 4.34. The van der Waals surface area contributed by atoms with Crippen LogP contribution >= 0.6 is 0 Å². The van der Waals surface area contributed by atoms with Gasteiger partial charge in [0.15, 0.2) is 5.69 Å². The molecule has 1 heterocycles. The molecule has 4 heteroatoms. The van der Waals surface area contributed by atoms with Crippen LogP contribution < -0.4 is 5.32 Å². The smallest absolute Gasteiger partial charge is 0.356 e. The summed E-state index contributed by atoms with van der Waals surface area (Å²) in [7, 11) is 1.36. The van der Waals surface area contributed by atoms with Crippen molar-refractivity contribution in [2.75, 3.05) is 12.4 Å². The fourth-order valence-electron chi connectivity index (χ4n) is 2.46. The number of carbonyl (C=O) groups excluding carboxylic acids is 1. The van der Waals surface area contributed by atoms with Gasteiger partial charge in [-0.3, -0.25) is 0 Å². The first-order valence-corrected chi connectivity index (χ1v) is 7.41. The van der Waals surface area contributed by atoms with Crippen LogP contribution in [0.25, 0.3) is 10.9 Å². The molecule has 116 valence electrons. The summed E-state index contributed by atoms with van der Waals surface area (Å²) < 4.78 is 4.80. The molecule has 1 aromatic heterocycles. The maximum Gasteiger partial charge on any atom is 0.356 e. The van der Waals surface area contributed by atoms with E-state index in [1.54, 1.807) is 6.07 Å². The maximum atomic E-state index is 11.8. The zero-order chi connectivity index (χ0) is 16.4. The average molecular weight is 306 g/mol. The highest BCUT2D eigenvalue weighted by Gasteiger charge is 2.12. The lowest BCUT2D eigenvalue weighted by atomic mass is 10.1.